The third kappa shape index (κ3) is 2.34. The van der Waals surface area contributed by atoms with Crippen molar-refractivity contribution in [3.63, 3.8) is 0 Å². The van der Waals surface area contributed by atoms with Crippen molar-refractivity contribution in [1.82, 2.24) is 9.97 Å². The molecule has 0 saturated carbocycles. The quantitative estimate of drug-likeness (QED) is 0.667. The summed E-state index contributed by atoms with van der Waals surface area (Å²) in [6, 6.07) is 0. The lowest BCUT2D eigenvalue weighted by atomic mass is 10.2. The number of hydrogen-bond acceptors (Lipinski definition) is 1. The third-order valence-corrected chi connectivity index (χ3v) is 2.00. The Kier molecular flexibility index (Phi) is 3.69. The molecule has 1 unspecified atom stereocenters. The topological polar surface area (TPSA) is 28.7 Å². The number of aromatic amines is 1. The van der Waals surface area contributed by atoms with Crippen LogP contribution in [0.2, 0.25) is 0 Å². The van der Waals surface area contributed by atoms with Gasteiger partial charge in [-0.3, -0.25) is 0 Å². The zero-order chi connectivity index (χ0) is 10.6. The molecule has 1 aliphatic carbocycles. The molecule has 1 aromatic heterocycles. The number of fused-ring (bicyclic) bond motifs is 1. The molecule has 0 fully saturated rings. The number of allylic oxidation sites excluding steroid dienone is 2. The highest BCUT2D eigenvalue weighted by molar-refractivity contribution is 5.62. The van der Waals surface area contributed by atoms with Crippen LogP contribution in [0, 0.1) is 12.8 Å². The van der Waals surface area contributed by atoms with Gasteiger partial charge in [0.2, 0.25) is 0 Å². The van der Waals surface area contributed by atoms with E-state index in [0.717, 1.165) is 17.2 Å². The molecule has 0 saturated heterocycles. The van der Waals surface area contributed by atoms with Gasteiger partial charge < -0.3 is 4.98 Å². The van der Waals surface area contributed by atoms with Gasteiger partial charge in [0.15, 0.2) is 0 Å². The number of H-pyrrole nitrogens is 1. The molecule has 2 rings (SSSR count). The maximum atomic E-state index is 4.35. The van der Waals surface area contributed by atoms with E-state index < -0.39 is 0 Å². The molecule has 0 bridgehead atoms. The predicted octanol–water partition coefficient (Wildman–Crippen LogP) is 3.42. The van der Waals surface area contributed by atoms with Gasteiger partial charge in [-0.05, 0) is 25.0 Å². The predicted molar refractivity (Wildman–Crippen MR) is 61.9 cm³/mol. The van der Waals surface area contributed by atoms with Crippen LogP contribution in [0.1, 0.15) is 38.0 Å². The van der Waals surface area contributed by atoms with Crippen molar-refractivity contribution in [1.29, 1.82) is 0 Å². The van der Waals surface area contributed by atoms with E-state index in [9.17, 15) is 0 Å². The molecule has 1 aromatic rings. The highest BCUT2D eigenvalue weighted by atomic mass is 14.9. The van der Waals surface area contributed by atoms with Crippen molar-refractivity contribution >= 4 is 12.2 Å². The first kappa shape index (κ1) is 10.8. The van der Waals surface area contributed by atoms with Gasteiger partial charge in [0.25, 0.3) is 0 Å². The van der Waals surface area contributed by atoms with E-state index in [0.29, 0.717) is 5.92 Å². The summed E-state index contributed by atoms with van der Waals surface area (Å²) in [5.74, 6) is 1.48. The molecule has 0 amide bonds. The average Bonchev–Trinajstić information content (AvgIpc) is 2.47. The number of nitrogens with one attached hydrogen (secondary N) is 1. The van der Waals surface area contributed by atoms with Crippen molar-refractivity contribution in [2.24, 2.45) is 5.92 Å². The number of hydrogen-bond donors (Lipinski definition) is 1. The summed E-state index contributed by atoms with van der Waals surface area (Å²) in [6.45, 7) is 8.13. The average molecular weight is 190 g/mol. The van der Waals surface area contributed by atoms with Gasteiger partial charge in [0, 0.05) is 0 Å². The fourth-order valence-corrected chi connectivity index (χ4v) is 1.34. The SMILES string of the molecule is CC.Cc1nc2c([nH]1)C=CC(C)C=C2. The van der Waals surface area contributed by atoms with E-state index >= 15 is 0 Å². The second-order valence-corrected chi connectivity index (χ2v) is 3.20. The molecule has 2 nitrogen and oxygen atoms in total. The summed E-state index contributed by atoms with van der Waals surface area (Å²) in [7, 11) is 0. The normalized spacial score (nSPS) is 14.3. The molecule has 0 aliphatic heterocycles. The monoisotopic (exact) mass is 190 g/mol. The standard InChI is InChI=1S/C10H12N2.C2H6/c1-7-3-5-9-10(6-4-7)12-8(2)11-9;1-2/h3-7H,1-2H3,(H,11,12);1-2H3. The Morgan fingerprint density at radius 2 is 1.86 bits per heavy atom. The van der Waals surface area contributed by atoms with Crippen LogP contribution in [0.3, 0.4) is 0 Å². The summed E-state index contributed by atoms with van der Waals surface area (Å²) >= 11 is 0. The Morgan fingerprint density at radius 1 is 1.21 bits per heavy atom. The molecule has 1 atom stereocenters. The lowest BCUT2D eigenvalue weighted by Crippen LogP contribution is -1.79. The van der Waals surface area contributed by atoms with E-state index in [1.54, 1.807) is 0 Å². The summed E-state index contributed by atoms with van der Waals surface area (Å²) in [5, 5.41) is 0. The van der Waals surface area contributed by atoms with Crippen LogP contribution in [-0.4, -0.2) is 9.97 Å². The van der Waals surface area contributed by atoms with Crippen molar-refractivity contribution in [2.75, 3.05) is 0 Å². The van der Waals surface area contributed by atoms with E-state index in [2.05, 4.69) is 41.2 Å². The molecule has 0 aromatic carbocycles. The molecule has 1 N–H and O–H groups in total. The largest absolute Gasteiger partial charge is 0.342 e. The van der Waals surface area contributed by atoms with Gasteiger partial charge in [-0.25, -0.2) is 4.98 Å². The fourth-order valence-electron chi connectivity index (χ4n) is 1.34. The van der Waals surface area contributed by atoms with Crippen LogP contribution in [0.15, 0.2) is 12.2 Å². The molecule has 1 heterocycles. The van der Waals surface area contributed by atoms with Crippen LogP contribution in [0.25, 0.3) is 12.2 Å². The first-order chi connectivity index (χ1) is 6.75. The van der Waals surface area contributed by atoms with Gasteiger partial charge in [0.05, 0.1) is 11.4 Å². The third-order valence-electron chi connectivity index (χ3n) is 2.00. The number of aryl methyl sites for hydroxylation is 1. The summed E-state index contributed by atoms with van der Waals surface area (Å²) in [5.41, 5.74) is 2.17. The van der Waals surface area contributed by atoms with Crippen LogP contribution < -0.4 is 0 Å². The molecule has 1 aliphatic rings. The highest BCUT2D eigenvalue weighted by Crippen LogP contribution is 2.16. The van der Waals surface area contributed by atoms with E-state index in [1.165, 1.54) is 0 Å². The summed E-state index contributed by atoms with van der Waals surface area (Å²) in [6.07, 6.45) is 8.49. The molecular weight excluding hydrogens is 172 g/mol. The molecule has 14 heavy (non-hydrogen) atoms. The zero-order valence-electron chi connectivity index (χ0n) is 9.33. The number of rotatable bonds is 0. The van der Waals surface area contributed by atoms with E-state index in [-0.39, 0.29) is 0 Å². The van der Waals surface area contributed by atoms with Gasteiger partial charge in [-0.2, -0.15) is 0 Å². The van der Waals surface area contributed by atoms with Gasteiger partial charge in [0.1, 0.15) is 5.82 Å². The Bertz CT molecular complexity index is 314. The lowest BCUT2D eigenvalue weighted by Gasteiger charge is -1.91. The maximum Gasteiger partial charge on any atom is 0.104 e. The Labute approximate surface area is 85.8 Å². The minimum atomic E-state index is 0.507. The second-order valence-electron chi connectivity index (χ2n) is 3.20. The molecule has 2 heteroatoms. The Morgan fingerprint density at radius 3 is 2.57 bits per heavy atom. The summed E-state index contributed by atoms with van der Waals surface area (Å²) < 4.78 is 0. The number of nitrogens with zero attached hydrogens (tertiary/aromatic N) is 1. The van der Waals surface area contributed by atoms with Gasteiger partial charge in [-0.1, -0.05) is 32.9 Å². The van der Waals surface area contributed by atoms with Crippen LogP contribution in [0.5, 0.6) is 0 Å². The Hall–Kier alpha value is -1.31. The molecule has 0 spiro atoms. The molecular formula is C12H18N2. The van der Waals surface area contributed by atoms with E-state index in [4.69, 9.17) is 0 Å². The smallest absolute Gasteiger partial charge is 0.104 e. The minimum Gasteiger partial charge on any atom is -0.342 e. The van der Waals surface area contributed by atoms with Gasteiger partial charge in [-0.15, -0.1) is 0 Å². The first-order valence-electron chi connectivity index (χ1n) is 5.19. The van der Waals surface area contributed by atoms with E-state index in [1.807, 2.05) is 20.8 Å². The van der Waals surface area contributed by atoms with Crippen molar-refractivity contribution < 1.29 is 0 Å². The fraction of sp³-hybridized carbons (Fsp3) is 0.417. The minimum absolute atomic E-state index is 0.507. The molecule has 0 radical (unpaired) electrons. The highest BCUT2D eigenvalue weighted by Gasteiger charge is 2.05. The second kappa shape index (κ2) is 4.80. The zero-order valence-corrected chi connectivity index (χ0v) is 9.33. The maximum absolute atomic E-state index is 4.35. The van der Waals surface area contributed by atoms with Crippen molar-refractivity contribution in [3.8, 4) is 0 Å². The lowest BCUT2D eigenvalue weighted by molar-refractivity contribution is 0.952. The van der Waals surface area contributed by atoms with Crippen molar-refractivity contribution in [3.05, 3.63) is 29.4 Å². The van der Waals surface area contributed by atoms with Crippen LogP contribution >= 0.6 is 0 Å². The van der Waals surface area contributed by atoms with Crippen molar-refractivity contribution in [2.45, 2.75) is 27.7 Å². The van der Waals surface area contributed by atoms with Crippen LogP contribution in [0.4, 0.5) is 0 Å². The van der Waals surface area contributed by atoms with Crippen LogP contribution in [-0.2, 0) is 0 Å². The first-order valence-corrected chi connectivity index (χ1v) is 5.19. The molecule has 76 valence electrons. The number of imidazole rings is 1. The Balaban J connectivity index is 0.000000461. The van der Waals surface area contributed by atoms with Gasteiger partial charge >= 0.3 is 0 Å². The summed E-state index contributed by atoms with van der Waals surface area (Å²) in [4.78, 5) is 7.56. The number of aromatic nitrogens is 2.